The molecular formula is C29H27FN4O4. The van der Waals surface area contributed by atoms with Crippen LogP contribution in [0.4, 0.5) is 21.7 Å². The molecule has 1 aliphatic heterocycles. The van der Waals surface area contributed by atoms with E-state index in [1.54, 1.807) is 24.2 Å². The summed E-state index contributed by atoms with van der Waals surface area (Å²) in [7, 11) is 3.02. The van der Waals surface area contributed by atoms with Crippen molar-refractivity contribution in [2.75, 3.05) is 37.1 Å². The molecule has 2 aromatic carbocycles. The number of fused-ring (bicyclic) bond motifs is 3. The number of carbonyl (C=O) groups is 2. The minimum Gasteiger partial charge on any atom is -0.493 e. The molecular weight excluding hydrogens is 487 g/mol. The van der Waals surface area contributed by atoms with Gasteiger partial charge >= 0.3 is 5.97 Å². The van der Waals surface area contributed by atoms with Crippen LogP contribution in [0.5, 0.6) is 5.75 Å². The summed E-state index contributed by atoms with van der Waals surface area (Å²) in [6, 6.07) is 16.1. The number of nitrogens with zero attached hydrogens (tertiary/aromatic N) is 4. The summed E-state index contributed by atoms with van der Waals surface area (Å²) < 4.78 is 24.9. The molecule has 0 N–H and O–H groups in total. The number of benzene rings is 2. The third-order valence-electron chi connectivity index (χ3n) is 6.65. The maximum absolute atomic E-state index is 14.0. The number of rotatable bonds is 7. The Kier molecular flexibility index (Phi) is 6.91. The maximum Gasteiger partial charge on any atom is 0.309 e. The molecule has 3 heterocycles. The topological polar surface area (TPSA) is 84.9 Å². The zero-order valence-corrected chi connectivity index (χ0v) is 21.4. The molecule has 1 amide bonds. The van der Waals surface area contributed by atoms with E-state index in [-0.39, 0.29) is 18.3 Å². The number of anilines is 3. The van der Waals surface area contributed by atoms with Gasteiger partial charge in [-0.05, 0) is 47.7 Å². The third-order valence-corrected chi connectivity index (χ3v) is 6.65. The van der Waals surface area contributed by atoms with Gasteiger partial charge in [-0.15, -0.1) is 0 Å². The van der Waals surface area contributed by atoms with Gasteiger partial charge in [-0.25, -0.2) is 4.98 Å². The highest BCUT2D eigenvalue weighted by Gasteiger charge is 2.31. The number of hydrogen-bond donors (Lipinski definition) is 0. The molecule has 0 saturated heterocycles. The fourth-order valence-corrected chi connectivity index (χ4v) is 4.70. The first-order chi connectivity index (χ1) is 18.4. The van der Waals surface area contributed by atoms with Gasteiger partial charge in [0.15, 0.2) is 5.82 Å². The van der Waals surface area contributed by atoms with Gasteiger partial charge in [0.1, 0.15) is 11.6 Å². The number of carbonyl (C=O) groups excluding carboxylic acids is 2. The van der Waals surface area contributed by atoms with Gasteiger partial charge in [0.25, 0.3) is 5.91 Å². The van der Waals surface area contributed by atoms with Crippen LogP contribution >= 0.6 is 0 Å². The number of hydrogen-bond acceptors (Lipinski definition) is 7. The van der Waals surface area contributed by atoms with Crippen molar-refractivity contribution in [2.45, 2.75) is 19.8 Å². The lowest BCUT2D eigenvalue weighted by Crippen LogP contribution is -2.25. The normalized spacial score (nSPS) is 12.7. The van der Waals surface area contributed by atoms with E-state index in [9.17, 15) is 14.0 Å². The van der Waals surface area contributed by atoms with Crippen LogP contribution < -0.4 is 14.5 Å². The molecule has 0 aliphatic carbocycles. The van der Waals surface area contributed by atoms with Gasteiger partial charge in [-0.2, -0.15) is 9.37 Å². The molecule has 38 heavy (non-hydrogen) atoms. The van der Waals surface area contributed by atoms with E-state index < -0.39 is 5.95 Å². The zero-order valence-electron chi connectivity index (χ0n) is 21.4. The molecule has 4 aromatic rings. The van der Waals surface area contributed by atoms with Gasteiger partial charge in [0.05, 0.1) is 31.4 Å². The minimum absolute atomic E-state index is 0.182. The van der Waals surface area contributed by atoms with Gasteiger partial charge in [-0.3, -0.25) is 9.59 Å². The lowest BCUT2D eigenvalue weighted by atomic mass is 10.0. The summed E-state index contributed by atoms with van der Waals surface area (Å²) in [5.41, 5.74) is 2.64. The number of ether oxygens (including phenoxy) is 2. The molecule has 1 aliphatic rings. The Bertz CT molecular complexity index is 1540. The second-order valence-electron chi connectivity index (χ2n) is 8.92. The maximum atomic E-state index is 14.0. The van der Waals surface area contributed by atoms with E-state index in [0.717, 1.165) is 21.9 Å². The van der Waals surface area contributed by atoms with Crippen molar-refractivity contribution in [3.05, 3.63) is 83.4 Å². The first-order valence-electron chi connectivity index (χ1n) is 12.3. The Morgan fingerprint density at radius 2 is 1.84 bits per heavy atom. The van der Waals surface area contributed by atoms with E-state index in [2.05, 4.69) is 9.97 Å². The van der Waals surface area contributed by atoms with Crippen molar-refractivity contribution < 1.29 is 23.5 Å². The highest BCUT2D eigenvalue weighted by Crippen LogP contribution is 2.38. The molecule has 0 bridgehead atoms. The molecule has 0 atom stereocenters. The minimum atomic E-state index is -0.619. The van der Waals surface area contributed by atoms with Crippen LogP contribution in [0, 0.1) is 5.95 Å². The Morgan fingerprint density at radius 3 is 2.61 bits per heavy atom. The first kappa shape index (κ1) is 25.1. The van der Waals surface area contributed by atoms with Gasteiger partial charge < -0.3 is 19.3 Å². The standard InChI is InChI=1S/C29H27FN4O4/c1-4-34-27-22(29(36)33(2)23-10-12-25(30)32-28(23)34)15-18(17-31-27)13-14-38-24-11-9-19(16-26(35)37-3)20-7-5-6-8-21(20)24/h5-12,15,17H,4,13-14,16H2,1-3H3. The summed E-state index contributed by atoms with van der Waals surface area (Å²) in [6.45, 7) is 2.72. The molecule has 0 fully saturated rings. The first-order valence-corrected chi connectivity index (χ1v) is 12.3. The van der Waals surface area contributed by atoms with Crippen LogP contribution in [0.15, 0.2) is 60.8 Å². The lowest BCUT2D eigenvalue weighted by molar-refractivity contribution is -0.139. The molecule has 0 spiro atoms. The third kappa shape index (κ3) is 4.63. The lowest BCUT2D eigenvalue weighted by Gasteiger charge is -2.22. The van der Waals surface area contributed by atoms with Crippen molar-refractivity contribution in [3.8, 4) is 5.75 Å². The van der Waals surface area contributed by atoms with E-state index in [4.69, 9.17) is 9.47 Å². The summed E-state index contributed by atoms with van der Waals surface area (Å²) in [4.78, 5) is 37.0. The van der Waals surface area contributed by atoms with Crippen LogP contribution in [0.25, 0.3) is 10.8 Å². The molecule has 5 rings (SSSR count). The van der Waals surface area contributed by atoms with Crippen molar-refractivity contribution in [1.82, 2.24) is 9.97 Å². The smallest absolute Gasteiger partial charge is 0.309 e. The van der Waals surface area contributed by atoms with Crippen LogP contribution in [-0.4, -0.2) is 49.2 Å². The highest BCUT2D eigenvalue weighted by atomic mass is 19.1. The number of aromatic nitrogens is 2. The van der Waals surface area contributed by atoms with Crippen LogP contribution in [-0.2, 0) is 22.4 Å². The van der Waals surface area contributed by atoms with Crippen LogP contribution in [0.3, 0.4) is 0 Å². The molecule has 194 valence electrons. The quantitative estimate of drug-likeness (QED) is 0.257. The number of halogens is 1. The number of amides is 1. The summed E-state index contributed by atoms with van der Waals surface area (Å²) in [6.07, 6.45) is 2.41. The van der Waals surface area contributed by atoms with Crippen molar-refractivity contribution in [2.24, 2.45) is 0 Å². The molecule has 9 heteroatoms. The van der Waals surface area contributed by atoms with Gasteiger partial charge in [0.2, 0.25) is 5.95 Å². The van der Waals surface area contributed by atoms with Gasteiger partial charge in [0, 0.05) is 31.6 Å². The molecule has 8 nitrogen and oxygen atoms in total. The predicted molar refractivity (Wildman–Crippen MR) is 143 cm³/mol. The van der Waals surface area contributed by atoms with Crippen LogP contribution in [0.1, 0.15) is 28.4 Å². The number of esters is 1. The van der Waals surface area contributed by atoms with E-state index >= 15 is 0 Å². The highest BCUT2D eigenvalue weighted by molar-refractivity contribution is 6.12. The van der Waals surface area contributed by atoms with E-state index in [1.807, 2.05) is 49.4 Å². The van der Waals surface area contributed by atoms with Crippen molar-refractivity contribution >= 4 is 40.0 Å². The fourth-order valence-electron chi connectivity index (χ4n) is 4.70. The molecule has 0 unspecified atom stereocenters. The van der Waals surface area contributed by atoms with Gasteiger partial charge in [-0.1, -0.05) is 30.3 Å². The monoisotopic (exact) mass is 514 g/mol. The average Bonchev–Trinajstić information content (AvgIpc) is 3.02. The largest absolute Gasteiger partial charge is 0.493 e. The second-order valence-corrected chi connectivity index (χ2v) is 8.92. The fraction of sp³-hybridized carbons (Fsp3) is 0.241. The number of methoxy groups -OCH3 is 1. The van der Waals surface area contributed by atoms with E-state index in [1.165, 1.54) is 18.1 Å². The SMILES string of the molecule is CCN1c2ncc(CCOc3ccc(CC(=O)OC)c4ccccc34)cc2C(=O)N(C)c2ccc(F)nc21. The second kappa shape index (κ2) is 10.5. The van der Waals surface area contributed by atoms with E-state index in [0.29, 0.717) is 48.2 Å². The Morgan fingerprint density at radius 1 is 1.05 bits per heavy atom. The Hall–Kier alpha value is -4.53. The average molecular weight is 515 g/mol. The molecule has 0 radical (unpaired) electrons. The van der Waals surface area contributed by atoms with Crippen molar-refractivity contribution in [1.29, 1.82) is 0 Å². The summed E-state index contributed by atoms with van der Waals surface area (Å²) in [5.74, 6) is 0.337. The van der Waals surface area contributed by atoms with Crippen LogP contribution in [0.2, 0.25) is 0 Å². The molecule has 0 saturated carbocycles. The molecule has 2 aromatic heterocycles. The zero-order chi connectivity index (χ0) is 26.8. The predicted octanol–water partition coefficient (Wildman–Crippen LogP) is 4.85. The Labute approximate surface area is 219 Å². The summed E-state index contributed by atoms with van der Waals surface area (Å²) >= 11 is 0. The summed E-state index contributed by atoms with van der Waals surface area (Å²) in [5, 5.41) is 1.84. The number of pyridine rings is 2. The van der Waals surface area contributed by atoms with Crippen molar-refractivity contribution in [3.63, 3.8) is 0 Å². The Balaban J connectivity index is 1.38.